The van der Waals surface area contributed by atoms with Crippen molar-refractivity contribution in [3.63, 3.8) is 0 Å². The van der Waals surface area contributed by atoms with Crippen molar-refractivity contribution in [3.05, 3.63) is 85.1 Å². The number of nitrogens with one attached hydrogen (secondary N) is 1. The molecule has 0 aromatic carbocycles. The summed E-state index contributed by atoms with van der Waals surface area (Å²) in [5.41, 5.74) is 0. The molecule has 0 spiro atoms. The van der Waals surface area contributed by atoms with E-state index in [2.05, 4.69) is 99.0 Å². The minimum Gasteiger partial charge on any atom is -0.456 e. The van der Waals surface area contributed by atoms with E-state index in [1.807, 2.05) is 33.3 Å². The highest BCUT2D eigenvalue weighted by molar-refractivity contribution is 7.47. The molecule has 470 valence electrons. The second-order valence-corrected chi connectivity index (χ2v) is 25.4. The summed E-state index contributed by atoms with van der Waals surface area (Å²) in [5.74, 6) is -0.515. The van der Waals surface area contributed by atoms with E-state index in [0.717, 1.165) is 103 Å². The highest BCUT2D eigenvalue weighted by Gasteiger charge is 2.30. The van der Waals surface area contributed by atoms with Gasteiger partial charge in [-0.15, -0.1) is 0 Å². The van der Waals surface area contributed by atoms with Crippen molar-refractivity contribution in [3.8, 4) is 0 Å². The summed E-state index contributed by atoms with van der Waals surface area (Å²) in [6.07, 6.45) is 80.1. The van der Waals surface area contributed by atoms with Crippen LogP contribution in [-0.2, 0) is 27.9 Å². The zero-order valence-corrected chi connectivity index (χ0v) is 54.7. The van der Waals surface area contributed by atoms with Crippen LogP contribution in [0, 0.1) is 0 Å². The Balaban J connectivity index is 5.21. The molecule has 0 saturated carbocycles. The number of ether oxygens (including phenoxy) is 1. The van der Waals surface area contributed by atoms with Gasteiger partial charge in [-0.25, -0.2) is 4.57 Å². The standard InChI is InChI=1S/C71H129N2O7P/c1-7-10-13-16-19-22-25-28-30-32-34-35-36-37-39-41-43-46-49-52-55-58-61-64-71(75)80-69(62-59-56-53-50-47-44-27-24-21-18-15-12-9-3)68(67-79-81(76,77)78-66-65-73(4,5)6)72-70(74)63-60-57-54-51-48-45-42-40-38-33-31-29-26-23-20-17-14-11-8-2/h10,13,19,22,28-31,34-35,37,39,59,62,68-69H,7-9,11-12,14-18,20-21,23-27,32-33,36,38,40-58,60-61,63-67H2,1-6H3,(H-,72,74,76,77)/p+1/b13-10-,22-19-,30-28-,31-29+,35-34-,39-37-,62-59+. The Hall–Kier alpha value is -2.81. The average molecular weight is 1150 g/mol. The molecule has 0 aromatic heterocycles. The topological polar surface area (TPSA) is 111 Å². The van der Waals surface area contributed by atoms with Crippen LogP contribution >= 0.6 is 7.82 Å². The number of likely N-dealkylation sites (N-methyl/N-ethyl adjacent to an activating group) is 1. The van der Waals surface area contributed by atoms with Crippen LogP contribution in [0.25, 0.3) is 0 Å². The monoisotopic (exact) mass is 1150 g/mol. The molecule has 2 N–H and O–H groups in total. The number of amides is 1. The van der Waals surface area contributed by atoms with E-state index in [9.17, 15) is 19.0 Å². The molecular weight excluding hydrogens is 1020 g/mol. The Labute approximate surface area is 501 Å². The SMILES string of the molecule is CC/C=C\C/C=C\C/C=C\C/C=C\C/C=C\CCCCCCCCCC(=O)OC(/C=C/CCCCCCCCCCCCC)C(COP(=O)(O)OCC[N+](C)(C)C)NC(=O)CCCCCCCCCCC/C=C/CCCCCCCC. The molecule has 81 heavy (non-hydrogen) atoms. The van der Waals surface area contributed by atoms with Crippen LogP contribution in [-0.4, -0.2) is 74.3 Å². The number of rotatable bonds is 61. The molecule has 9 nitrogen and oxygen atoms in total. The molecule has 0 aliphatic rings. The molecule has 0 bridgehead atoms. The van der Waals surface area contributed by atoms with Gasteiger partial charge in [-0.3, -0.25) is 18.6 Å². The van der Waals surface area contributed by atoms with E-state index in [-0.39, 0.29) is 31.5 Å². The lowest BCUT2D eigenvalue weighted by molar-refractivity contribution is -0.870. The summed E-state index contributed by atoms with van der Waals surface area (Å²) in [6.45, 7) is 6.91. The normalized spacial score (nSPS) is 14.1. The summed E-state index contributed by atoms with van der Waals surface area (Å²) in [4.78, 5) is 37.9. The maximum Gasteiger partial charge on any atom is 0.472 e. The Kier molecular flexibility index (Phi) is 58.2. The first-order valence-corrected chi connectivity index (χ1v) is 35.4. The van der Waals surface area contributed by atoms with Gasteiger partial charge in [0.05, 0.1) is 33.8 Å². The van der Waals surface area contributed by atoms with E-state index in [4.69, 9.17) is 13.8 Å². The number of hydrogen-bond donors (Lipinski definition) is 2. The maximum absolute atomic E-state index is 13.6. The molecule has 1 amide bonds. The number of esters is 1. The van der Waals surface area contributed by atoms with Crippen molar-refractivity contribution < 1.29 is 37.3 Å². The quantitative estimate of drug-likeness (QED) is 0.0205. The number of nitrogens with zero attached hydrogens (tertiary/aromatic N) is 1. The summed E-state index contributed by atoms with van der Waals surface area (Å²) in [7, 11) is 1.49. The van der Waals surface area contributed by atoms with Crippen molar-refractivity contribution in [1.29, 1.82) is 0 Å². The third-order valence-corrected chi connectivity index (χ3v) is 15.8. The molecular formula is C71H130N2O7P+. The Morgan fingerprint density at radius 2 is 0.790 bits per heavy atom. The molecule has 0 heterocycles. The second-order valence-electron chi connectivity index (χ2n) is 24.0. The summed E-state index contributed by atoms with van der Waals surface area (Å²) >= 11 is 0. The van der Waals surface area contributed by atoms with E-state index in [1.165, 1.54) is 167 Å². The van der Waals surface area contributed by atoms with E-state index >= 15 is 0 Å². The zero-order chi connectivity index (χ0) is 59.3. The smallest absolute Gasteiger partial charge is 0.456 e. The lowest BCUT2D eigenvalue weighted by atomic mass is 10.0. The van der Waals surface area contributed by atoms with E-state index in [1.54, 1.807) is 0 Å². The van der Waals surface area contributed by atoms with Crippen molar-refractivity contribution in [2.24, 2.45) is 0 Å². The van der Waals surface area contributed by atoms with Gasteiger partial charge >= 0.3 is 13.8 Å². The zero-order valence-electron chi connectivity index (χ0n) is 53.8. The van der Waals surface area contributed by atoms with E-state index < -0.39 is 20.0 Å². The van der Waals surface area contributed by atoms with Gasteiger partial charge in [0.1, 0.15) is 19.3 Å². The second kappa shape index (κ2) is 60.3. The number of quaternary nitrogens is 1. The molecule has 3 atom stereocenters. The maximum atomic E-state index is 13.6. The number of carbonyl (C=O) groups is 2. The minimum atomic E-state index is -4.46. The van der Waals surface area contributed by atoms with Crippen LogP contribution in [0.5, 0.6) is 0 Å². The van der Waals surface area contributed by atoms with Gasteiger partial charge in [0.15, 0.2) is 0 Å². The fourth-order valence-corrected chi connectivity index (χ4v) is 10.3. The molecule has 0 aromatic rings. The molecule has 0 radical (unpaired) electrons. The molecule has 3 unspecified atom stereocenters. The molecule has 0 saturated heterocycles. The fraction of sp³-hybridized carbons (Fsp3) is 0.775. The number of allylic oxidation sites excluding steroid dienone is 13. The van der Waals surface area contributed by atoms with Gasteiger partial charge in [0, 0.05) is 12.8 Å². The Morgan fingerprint density at radius 3 is 1.20 bits per heavy atom. The number of phosphoric ester groups is 1. The molecule has 0 rings (SSSR count). The van der Waals surface area contributed by atoms with Crippen molar-refractivity contribution in [1.82, 2.24) is 5.32 Å². The summed E-state index contributed by atoms with van der Waals surface area (Å²) in [5, 5.41) is 3.06. The predicted octanol–water partition coefficient (Wildman–Crippen LogP) is 21.3. The third-order valence-electron chi connectivity index (χ3n) is 14.8. The first-order valence-electron chi connectivity index (χ1n) is 33.9. The molecule has 0 aliphatic heterocycles. The first kappa shape index (κ1) is 78.2. The van der Waals surface area contributed by atoms with Crippen LogP contribution in [0.1, 0.15) is 303 Å². The van der Waals surface area contributed by atoms with Crippen LogP contribution in [0.2, 0.25) is 0 Å². The summed E-state index contributed by atoms with van der Waals surface area (Å²) in [6, 6.07) is -0.858. The first-order chi connectivity index (χ1) is 39.4. The van der Waals surface area contributed by atoms with Gasteiger partial charge in [-0.1, -0.05) is 273 Å². The van der Waals surface area contributed by atoms with Crippen molar-refractivity contribution >= 4 is 19.7 Å². The molecule has 10 heteroatoms. The number of hydrogen-bond acceptors (Lipinski definition) is 6. The van der Waals surface area contributed by atoms with Gasteiger partial charge in [0.25, 0.3) is 0 Å². The lowest BCUT2D eigenvalue weighted by Crippen LogP contribution is -2.47. The van der Waals surface area contributed by atoms with Gasteiger partial charge in [-0.2, -0.15) is 0 Å². The van der Waals surface area contributed by atoms with Crippen LogP contribution in [0.4, 0.5) is 0 Å². The number of carbonyl (C=O) groups excluding carboxylic acids is 2. The minimum absolute atomic E-state index is 0.0354. The van der Waals surface area contributed by atoms with Crippen molar-refractivity contribution in [2.75, 3.05) is 40.9 Å². The average Bonchev–Trinajstić information content (AvgIpc) is 3.44. The Morgan fingerprint density at radius 1 is 0.444 bits per heavy atom. The third kappa shape index (κ3) is 61.6. The molecule has 0 aliphatic carbocycles. The summed E-state index contributed by atoms with van der Waals surface area (Å²) < 4.78 is 30.8. The largest absolute Gasteiger partial charge is 0.472 e. The van der Waals surface area contributed by atoms with Gasteiger partial charge in [-0.05, 0) is 102 Å². The Bertz CT molecular complexity index is 1660. The number of unbranched alkanes of at least 4 members (excludes halogenated alkanes) is 33. The number of phosphoric acid groups is 1. The fourth-order valence-electron chi connectivity index (χ4n) is 9.61. The highest BCUT2D eigenvalue weighted by atomic mass is 31.2. The van der Waals surface area contributed by atoms with Crippen LogP contribution in [0.3, 0.4) is 0 Å². The molecule has 0 fully saturated rings. The van der Waals surface area contributed by atoms with Crippen LogP contribution in [0.15, 0.2) is 85.1 Å². The van der Waals surface area contributed by atoms with Crippen molar-refractivity contribution in [2.45, 2.75) is 315 Å². The lowest BCUT2D eigenvalue weighted by Gasteiger charge is -2.27. The predicted molar refractivity (Wildman–Crippen MR) is 351 cm³/mol. The van der Waals surface area contributed by atoms with Gasteiger partial charge in [0.2, 0.25) is 5.91 Å². The highest BCUT2D eigenvalue weighted by Crippen LogP contribution is 2.43. The van der Waals surface area contributed by atoms with Gasteiger partial charge < -0.3 is 19.4 Å². The van der Waals surface area contributed by atoms with Crippen LogP contribution < -0.4 is 5.32 Å². The van der Waals surface area contributed by atoms with E-state index in [0.29, 0.717) is 17.4 Å².